The van der Waals surface area contributed by atoms with E-state index < -0.39 is 5.97 Å². The minimum atomic E-state index is -0.848. The number of carboxylic acid groups (broad SMARTS) is 1. The molecule has 1 fully saturated rings. The molecule has 0 bridgehead atoms. The van der Waals surface area contributed by atoms with Gasteiger partial charge in [-0.15, -0.1) is 0 Å². The third kappa shape index (κ3) is 1.62. The van der Waals surface area contributed by atoms with Crippen LogP contribution in [-0.4, -0.2) is 5.97 Å². The van der Waals surface area contributed by atoms with Crippen molar-refractivity contribution in [3.8, 4) is 0 Å². The largest absolute Gasteiger partial charge is 0.550 e. The molecular weight excluding hydrogens is 152 g/mol. The number of rotatable bonds is 2. The Kier molecular flexibility index (Phi) is 2.76. The second-order valence-electron chi connectivity index (χ2n) is 4.31. The first-order valence-corrected chi connectivity index (χ1v) is 4.75. The van der Waals surface area contributed by atoms with Crippen molar-refractivity contribution in [2.24, 2.45) is 23.7 Å². The standard InChI is InChI=1S/C10H18O2/c1-6(2)8-5-4-7(3)9(8)10(11)12/h6-9H,4-5H2,1-3H3,(H,11,12)/p-1/t7-,8+,9-/m1/s1. The molecular formula is C10H17O2-. The van der Waals surface area contributed by atoms with E-state index in [4.69, 9.17) is 0 Å². The van der Waals surface area contributed by atoms with Gasteiger partial charge in [0.1, 0.15) is 0 Å². The molecule has 0 N–H and O–H groups in total. The fourth-order valence-electron chi connectivity index (χ4n) is 2.39. The van der Waals surface area contributed by atoms with Gasteiger partial charge in [-0.3, -0.25) is 0 Å². The van der Waals surface area contributed by atoms with Crippen LogP contribution in [0.15, 0.2) is 0 Å². The summed E-state index contributed by atoms with van der Waals surface area (Å²) < 4.78 is 0. The molecule has 0 aromatic carbocycles. The summed E-state index contributed by atoms with van der Waals surface area (Å²) in [7, 11) is 0. The zero-order chi connectivity index (χ0) is 9.30. The average Bonchev–Trinajstić information content (AvgIpc) is 2.30. The van der Waals surface area contributed by atoms with Crippen LogP contribution in [0.4, 0.5) is 0 Å². The van der Waals surface area contributed by atoms with E-state index in [2.05, 4.69) is 13.8 Å². The Balaban J connectivity index is 2.70. The second kappa shape index (κ2) is 3.46. The average molecular weight is 169 g/mol. The van der Waals surface area contributed by atoms with Crippen molar-refractivity contribution in [2.75, 3.05) is 0 Å². The molecule has 3 atom stereocenters. The number of hydrogen-bond donors (Lipinski definition) is 0. The molecule has 2 heteroatoms. The fraction of sp³-hybridized carbons (Fsp3) is 0.900. The third-order valence-corrected chi connectivity index (χ3v) is 3.16. The van der Waals surface area contributed by atoms with Gasteiger partial charge in [0.15, 0.2) is 0 Å². The summed E-state index contributed by atoms with van der Waals surface area (Å²) in [6.07, 6.45) is 2.10. The molecule has 12 heavy (non-hydrogen) atoms. The number of carboxylic acids is 1. The topological polar surface area (TPSA) is 40.1 Å². The first-order chi connectivity index (χ1) is 5.54. The maximum Gasteiger partial charge on any atom is 0.0450 e. The van der Waals surface area contributed by atoms with Crippen LogP contribution >= 0.6 is 0 Å². The zero-order valence-corrected chi connectivity index (χ0v) is 8.04. The van der Waals surface area contributed by atoms with Crippen LogP contribution in [0.1, 0.15) is 33.6 Å². The predicted octanol–water partition coefficient (Wildman–Crippen LogP) is 1.05. The van der Waals surface area contributed by atoms with Gasteiger partial charge in [0, 0.05) is 11.9 Å². The molecule has 0 aromatic heterocycles. The molecule has 0 spiro atoms. The number of aliphatic carboxylic acids is 1. The van der Waals surface area contributed by atoms with Crippen LogP contribution < -0.4 is 5.11 Å². The molecule has 0 aromatic rings. The van der Waals surface area contributed by atoms with Crippen molar-refractivity contribution in [1.82, 2.24) is 0 Å². The van der Waals surface area contributed by atoms with Crippen LogP contribution in [0, 0.1) is 23.7 Å². The molecule has 0 heterocycles. The number of hydrogen-bond acceptors (Lipinski definition) is 2. The maximum absolute atomic E-state index is 10.8. The highest BCUT2D eigenvalue weighted by Gasteiger charge is 2.35. The molecule has 0 unspecified atom stereocenters. The van der Waals surface area contributed by atoms with Gasteiger partial charge in [-0.25, -0.2) is 0 Å². The van der Waals surface area contributed by atoms with Gasteiger partial charge < -0.3 is 9.90 Å². The van der Waals surface area contributed by atoms with E-state index in [0.717, 1.165) is 12.8 Å². The Morgan fingerprint density at radius 3 is 2.33 bits per heavy atom. The second-order valence-corrected chi connectivity index (χ2v) is 4.31. The quantitative estimate of drug-likeness (QED) is 0.620. The van der Waals surface area contributed by atoms with E-state index in [1.165, 1.54) is 0 Å². The zero-order valence-electron chi connectivity index (χ0n) is 8.04. The molecule has 1 rings (SSSR count). The highest BCUT2D eigenvalue weighted by molar-refractivity contribution is 5.68. The minimum Gasteiger partial charge on any atom is -0.550 e. The van der Waals surface area contributed by atoms with E-state index in [1.807, 2.05) is 6.92 Å². The summed E-state index contributed by atoms with van der Waals surface area (Å²) in [5.41, 5.74) is 0. The van der Waals surface area contributed by atoms with Crippen molar-refractivity contribution in [2.45, 2.75) is 33.6 Å². The van der Waals surface area contributed by atoms with E-state index in [-0.39, 0.29) is 5.92 Å². The first kappa shape index (κ1) is 9.56. The number of carbonyl (C=O) groups is 1. The van der Waals surface area contributed by atoms with Gasteiger partial charge in [-0.1, -0.05) is 20.8 Å². The van der Waals surface area contributed by atoms with Crippen LogP contribution in [0.25, 0.3) is 0 Å². The lowest BCUT2D eigenvalue weighted by Crippen LogP contribution is -2.37. The van der Waals surface area contributed by atoms with Gasteiger partial charge in [0.2, 0.25) is 0 Å². The molecule has 1 aliphatic carbocycles. The van der Waals surface area contributed by atoms with Gasteiger partial charge in [0.05, 0.1) is 0 Å². The lowest BCUT2D eigenvalue weighted by Gasteiger charge is -2.26. The summed E-state index contributed by atoms with van der Waals surface area (Å²) >= 11 is 0. The van der Waals surface area contributed by atoms with Crippen molar-refractivity contribution in [3.05, 3.63) is 0 Å². The van der Waals surface area contributed by atoms with Crippen LogP contribution in [-0.2, 0) is 4.79 Å². The Bertz CT molecular complexity index is 175. The predicted molar refractivity (Wildman–Crippen MR) is 45.2 cm³/mol. The smallest absolute Gasteiger partial charge is 0.0450 e. The summed E-state index contributed by atoms with van der Waals surface area (Å²) in [4.78, 5) is 10.8. The van der Waals surface area contributed by atoms with Crippen LogP contribution in [0.3, 0.4) is 0 Å². The molecule has 0 saturated heterocycles. The van der Waals surface area contributed by atoms with E-state index in [1.54, 1.807) is 0 Å². The van der Waals surface area contributed by atoms with E-state index in [9.17, 15) is 9.90 Å². The van der Waals surface area contributed by atoms with Gasteiger partial charge in [-0.05, 0) is 30.6 Å². The molecule has 1 aliphatic rings. The third-order valence-electron chi connectivity index (χ3n) is 3.16. The van der Waals surface area contributed by atoms with Gasteiger partial charge >= 0.3 is 0 Å². The lowest BCUT2D eigenvalue weighted by molar-refractivity contribution is -0.314. The Morgan fingerprint density at radius 2 is 2.00 bits per heavy atom. The van der Waals surface area contributed by atoms with E-state index in [0.29, 0.717) is 17.8 Å². The Morgan fingerprint density at radius 1 is 1.42 bits per heavy atom. The lowest BCUT2D eigenvalue weighted by atomic mass is 9.83. The fourth-order valence-corrected chi connectivity index (χ4v) is 2.39. The van der Waals surface area contributed by atoms with Crippen LogP contribution in [0.2, 0.25) is 0 Å². The molecule has 1 saturated carbocycles. The molecule has 70 valence electrons. The van der Waals surface area contributed by atoms with Crippen molar-refractivity contribution in [3.63, 3.8) is 0 Å². The SMILES string of the molecule is CC(C)[C@@H]1CC[C@@H](C)[C@H]1C(=O)[O-]. The van der Waals surface area contributed by atoms with Crippen LogP contribution in [0.5, 0.6) is 0 Å². The summed E-state index contributed by atoms with van der Waals surface area (Å²) in [6.45, 7) is 6.21. The maximum atomic E-state index is 10.8. The summed E-state index contributed by atoms with van der Waals surface area (Å²) in [5, 5.41) is 10.8. The molecule has 0 aliphatic heterocycles. The van der Waals surface area contributed by atoms with Crippen molar-refractivity contribution < 1.29 is 9.90 Å². The first-order valence-electron chi connectivity index (χ1n) is 4.75. The van der Waals surface area contributed by atoms with Gasteiger partial charge in [0.25, 0.3) is 0 Å². The molecule has 0 radical (unpaired) electrons. The monoisotopic (exact) mass is 169 g/mol. The van der Waals surface area contributed by atoms with E-state index >= 15 is 0 Å². The van der Waals surface area contributed by atoms with Gasteiger partial charge in [-0.2, -0.15) is 0 Å². The minimum absolute atomic E-state index is 0.204. The Hall–Kier alpha value is -0.530. The number of carbonyl (C=O) groups excluding carboxylic acids is 1. The van der Waals surface area contributed by atoms with Crippen molar-refractivity contribution in [1.29, 1.82) is 0 Å². The summed E-state index contributed by atoms with van der Waals surface area (Å²) in [5.74, 6) is 0.0638. The van der Waals surface area contributed by atoms with Crippen molar-refractivity contribution >= 4 is 5.97 Å². The highest BCUT2D eigenvalue weighted by atomic mass is 16.4. The normalized spacial score (nSPS) is 35.8. The highest BCUT2D eigenvalue weighted by Crippen LogP contribution is 2.40. The summed E-state index contributed by atoms with van der Waals surface area (Å²) in [6, 6.07) is 0. The Labute approximate surface area is 74.0 Å². The molecule has 2 nitrogen and oxygen atoms in total. The molecule has 0 amide bonds.